The highest BCUT2D eigenvalue weighted by molar-refractivity contribution is 5.97. The topological polar surface area (TPSA) is 79.6 Å². The van der Waals surface area contributed by atoms with Gasteiger partial charge in [-0.05, 0) is 69.2 Å². The van der Waals surface area contributed by atoms with Gasteiger partial charge in [0, 0.05) is 31.7 Å². The first-order valence-electron chi connectivity index (χ1n) is 12.5. The van der Waals surface area contributed by atoms with Crippen LogP contribution in [-0.4, -0.2) is 60.6 Å². The molecule has 0 bridgehead atoms. The standard InChI is InChI=1S/C28H35F3N4O2/c1-34(2)13-14-35(3)19-21-8-6-7-20(15-21)17-27(37,23-9-4-5-10-23)26(36)33-24-12-11-22(18-32)25(16-24)28(29,30)31/h6-8,11-12,15-16,23,37H,4-5,9-10,13-14,17,19H2,1-3H3,(H,33,36). The van der Waals surface area contributed by atoms with E-state index in [2.05, 4.69) is 15.1 Å². The third kappa shape index (κ3) is 7.54. The highest BCUT2D eigenvalue weighted by atomic mass is 19.4. The molecule has 6 nitrogen and oxygen atoms in total. The Morgan fingerprint density at radius 3 is 2.38 bits per heavy atom. The number of alkyl halides is 3. The molecule has 2 N–H and O–H groups in total. The molecule has 0 aromatic heterocycles. The number of nitriles is 1. The number of halogens is 3. The summed E-state index contributed by atoms with van der Waals surface area (Å²) in [6, 6.07) is 12.3. The molecule has 2 aromatic rings. The quantitative estimate of drug-likeness (QED) is 0.480. The minimum absolute atomic E-state index is 0.0567. The number of amides is 1. The number of hydrogen-bond donors (Lipinski definition) is 2. The van der Waals surface area contributed by atoms with Crippen molar-refractivity contribution < 1.29 is 23.1 Å². The van der Waals surface area contributed by atoms with E-state index in [4.69, 9.17) is 5.26 Å². The molecule has 1 unspecified atom stereocenters. The molecule has 1 aliphatic rings. The van der Waals surface area contributed by atoms with Crippen LogP contribution < -0.4 is 5.32 Å². The minimum atomic E-state index is -4.74. The molecule has 9 heteroatoms. The van der Waals surface area contributed by atoms with E-state index in [0.717, 1.165) is 49.2 Å². The summed E-state index contributed by atoms with van der Waals surface area (Å²) in [4.78, 5) is 17.7. The average Bonchev–Trinajstić information content (AvgIpc) is 3.38. The molecule has 1 atom stereocenters. The number of likely N-dealkylation sites (N-methyl/N-ethyl adjacent to an activating group) is 2. The lowest BCUT2D eigenvalue weighted by atomic mass is 9.80. The third-order valence-corrected chi connectivity index (χ3v) is 6.97. The molecular weight excluding hydrogens is 481 g/mol. The number of carbonyl (C=O) groups is 1. The molecule has 1 fully saturated rings. The van der Waals surface area contributed by atoms with E-state index in [0.29, 0.717) is 19.4 Å². The molecule has 200 valence electrons. The summed E-state index contributed by atoms with van der Waals surface area (Å²) in [5, 5.41) is 23.3. The summed E-state index contributed by atoms with van der Waals surface area (Å²) >= 11 is 0. The molecular formula is C28H35F3N4O2. The molecule has 3 rings (SSSR count). The third-order valence-electron chi connectivity index (χ3n) is 6.97. The largest absolute Gasteiger partial charge is 0.417 e. The Morgan fingerprint density at radius 1 is 1.08 bits per heavy atom. The molecule has 1 saturated carbocycles. The maximum atomic E-state index is 13.4. The Bertz CT molecular complexity index is 1120. The number of nitrogens with one attached hydrogen (secondary N) is 1. The SMILES string of the molecule is CN(C)CCN(C)Cc1cccc(CC(O)(C(=O)Nc2ccc(C#N)c(C(F)(F)F)c2)C2CCCC2)c1. The summed E-state index contributed by atoms with van der Waals surface area (Å²) in [7, 11) is 6.07. The second-order valence-electron chi connectivity index (χ2n) is 10.3. The first kappa shape index (κ1) is 28.6. The van der Waals surface area contributed by atoms with E-state index < -0.39 is 28.8 Å². The average molecular weight is 517 g/mol. The van der Waals surface area contributed by atoms with E-state index >= 15 is 0 Å². The lowest BCUT2D eigenvalue weighted by molar-refractivity contribution is -0.140. The van der Waals surface area contributed by atoms with E-state index in [-0.39, 0.29) is 18.0 Å². The molecule has 0 heterocycles. The van der Waals surface area contributed by atoms with Crippen molar-refractivity contribution in [2.75, 3.05) is 39.5 Å². The van der Waals surface area contributed by atoms with E-state index in [1.165, 1.54) is 12.1 Å². The van der Waals surface area contributed by atoms with Crippen LogP contribution >= 0.6 is 0 Å². The van der Waals surface area contributed by atoms with Gasteiger partial charge in [-0.25, -0.2) is 0 Å². The Morgan fingerprint density at radius 2 is 1.76 bits per heavy atom. The fourth-order valence-electron chi connectivity index (χ4n) is 4.92. The van der Waals surface area contributed by atoms with Gasteiger partial charge in [-0.2, -0.15) is 18.4 Å². The van der Waals surface area contributed by atoms with Crippen molar-refractivity contribution in [1.82, 2.24) is 9.80 Å². The molecule has 0 spiro atoms. The number of carbonyl (C=O) groups excluding carboxylic acids is 1. The fourth-order valence-corrected chi connectivity index (χ4v) is 4.92. The summed E-state index contributed by atoms with van der Waals surface area (Å²) in [6.07, 6.45) is -1.59. The van der Waals surface area contributed by atoms with Crippen LogP contribution in [0.4, 0.5) is 18.9 Å². The molecule has 2 aromatic carbocycles. The summed E-state index contributed by atoms with van der Waals surface area (Å²) in [5.74, 6) is -1.04. The van der Waals surface area contributed by atoms with Gasteiger partial charge in [0.1, 0.15) is 5.60 Å². The highest BCUT2D eigenvalue weighted by Crippen LogP contribution is 2.38. The van der Waals surface area contributed by atoms with Gasteiger partial charge in [0.25, 0.3) is 5.91 Å². The number of aliphatic hydroxyl groups is 1. The zero-order valence-corrected chi connectivity index (χ0v) is 21.6. The zero-order chi connectivity index (χ0) is 27.2. The van der Waals surface area contributed by atoms with Gasteiger partial charge in [0.2, 0.25) is 0 Å². The molecule has 0 saturated heterocycles. The van der Waals surface area contributed by atoms with Crippen molar-refractivity contribution >= 4 is 11.6 Å². The highest BCUT2D eigenvalue weighted by Gasteiger charge is 2.45. The van der Waals surface area contributed by atoms with Crippen LogP contribution in [0.1, 0.15) is 47.9 Å². The van der Waals surface area contributed by atoms with Gasteiger partial charge in [0.05, 0.1) is 17.2 Å². The summed E-state index contributed by atoms with van der Waals surface area (Å²) in [5.41, 5.74) is -1.69. The fraction of sp³-hybridized carbons (Fsp3) is 0.500. The van der Waals surface area contributed by atoms with Gasteiger partial charge >= 0.3 is 6.18 Å². The lowest BCUT2D eigenvalue weighted by Crippen LogP contribution is -2.50. The van der Waals surface area contributed by atoms with Crippen molar-refractivity contribution in [2.24, 2.45) is 5.92 Å². The molecule has 37 heavy (non-hydrogen) atoms. The number of nitrogens with zero attached hydrogens (tertiary/aromatic N) is 3. The van der Waals surface area contributed by atoms with E-state index in [1.54, 1.807) is 0 Å². The van der Waals surface area contributed by atoms with Crippen LogP contribution in [0, 0.1) is 17.2 Å². The van der Waals surface area contributed by atoms with Gasteiger partial charge in [0.15, 0.2) is 0 Å². The monoisotopic (exact) mass is 516 g/mol. The van der Waals surface area contributed by atoms with Crippen molar-refractivity contribution in [3.63, 3.8) is 0 Å². The minimum Gasteiger partial charge on any atom is -0.379 e. The number of hydrogen-bond acceptors (Lipinski definition) is 5. The van der Waals surface area contributed by atoms with Crippen LogP contribution in [0.2, 0.25) is 0 Å². The predicted octanol–water partition coefficient (Wildman–Crippen LogP) is 4.67. The second-order valence-corrected chi connectivity index (χ2v) is 10.3. The number of anilines is 1. The first-order valence-corrected chi connectivity index (χ1v) is 12.5. The van der Waals surface area contributed by atoms with Gasteiger partial charge in [-0.1, -0.05) is 37.1 Å². The second kappa shape index (κ2) is 12.1. The molecule has 0 radical (unpaired) electrons. The Labute approximate surface area is 216 Å². The Balaban J connectivity index is 1.83. The normalized spacial score (nSPS) is 16.1. The first-order chi connectivity index (χ1) is 17.4. The molecule has 1 amide bonds. The van der Waals surface area contributed by atoms with Crippen molar-refractivity contribution in [3.05, 3.63) is 64.7 Å². The number of benzene rings is 2. The molecule has 0 aliphatic heterocycles. The van der Waals surface area contributed by atoms with E-state index in [9.17, 15) is 23.1 Å². The maximum absolute atomic E-state index is 13.4. The van der Waals surface area contributed by atoms with Crippen molar-refractivity contribution in [1.29, 1.82) is 5.26 Å². The predicted molar refractivity (Wildman–Crippen MR) is 137 cm³/mol. The summed E-state index contributed by atoms with van der Waals surface area (Å²) in [6.45, 7) is 2.51. The zero-order valence-electron chi connectivity index (χ0n) is 21.6. The van der Waals surface area contributed by atoms with Gasteiger partial charge in [-0.15, -0.1) is 0 Å². The van der Waals surface area contributed by atoms with Gasteiger partial charge < -0.3 is 20.2 Å². The lowest BCUT2D eigenvalue weighted by Gasteiger charge is -2.33. The maximum Gasteiger partial charge on any atom is 0.417 e. The van der Waals surface area contributed by atoms with Crippen molar-refractivity contribution in [2.45, 2.75) is 50.4 Å². The van der Waals surface area contributed by atoms with Crippen LogP contribution in [0.25, 0.3) is 0 Å². The number of rotatable bonds is 10. The molecule has 1 aliphatic carbocycles. The van der Waals surface area contributed by atoms with Crippen LogP contribution in [0.15, 0.2) is 42.5 Å². The smallest absolute Gasteiger partial charge is 0.379 e. The summed E-state index contributed by atoms with van der Waals surface area (Å²) < 4.78 is 40.3. The van der Waals surface area contributed by atoms with Gasteiger partial charge in [-0.3, -0.25) is 4.79 Å². The van der Waals surface area contributed by atoms with E-state index in [1.807, 2.05) is 45.4 Å². The Hall–Kier alpha value is -2.93. The van der Waals surface area contributed by atoms with Crippen LogP contribution in [0.5, 0.6) is 0 Å². The van der Waals surface area contributed by atoms with Crippen LogP contribution in [0.3, 0.4) is 0 Å². The Kier molecular flexibility index (Phi) is 9.35. The van der Waals surface area contributed by atoms with Crippen molar-refractivity contribution in [3.8, 4) is 6.07 Å². The van der Waals surface area contributed by atoms with Crippen LogP contribution in [-0.2, 0) is 23.9 Å².